The molecule has 0 bridgehead atoms. The Morgan fingerprint density at radius 2 is 1.96 bits per heavy atom. The van der Waals surface area contributed by atoms with Crippen LogP contribution in [-0.2, 0) is 9.47 Å². The van der Waals surface area contributed by atoms with Crippen molar-refractivity contribution in [3.05, 3.63) is 35.6 Å². The van der Waals surface area contributed by atoms with Crippen molar-refractivity contribution < 1.29 is 23.8 Å². The first kappa shape index (κ1) is 17.3. The molecule has 1 aromatic rings. The van der Waals surface area contributed by atoms with Crippen molar-refractivity contribution in [3.8, 4) is 0 Å². The maximum absolute atomic E-state index is 12.9. The van der Waals surface area contributed by atoms with Crippen molar-refractivity contribution in [1.82, 2.24) is 10.6 Å². The predicted molar refractivity (Wildman–Crippen MR) is 85.2 cm³/mol. The molecule has 3 N–H and O–H groups in total. The summed E-state index contributed by atoms with van der Waals surface area (Å²) in [6.07, 6.45) is 0.720. The average molecular weight is 338 g/mol. The first-order valence-corrected chi connectivity index (χ1v) is 8.30. The molecular formula is C17H23FN2O4. The second-order valence-electron chi connectivity index (χ2n) is 6.24. The summed E-state index contributed by atoms with van der Waals surface area (Å²) in [7, 11) is 0. The lowest BCUT2D eigenvalue weighted by Gasteiger charge is -2.27. The van der Waals surface area contributed by atoms with Crippen LogP contribution in [0.15, 0.2) is 24.3 Å². The van der Waals surface area contributed by atoms with Gasteiger partial charge in [0.1, 0.15) is 11.9 Å². The van der Waals surface area contributed by atoms with Crippen LogP contribution in [0.4, 0.5) is 4.39 Å². The van der Waals surface area contributed by atoms with Crippen LogP contribution in [0.1, 0.15) is 23.2 Å². The van der Waals surface area contributed by atoms with E-state index in [9.17, 15) is 14.3 Å². The molecular weight excluding hydrogens is 315 g/mol. The van der Waals surface area contributed by atoms with Gasteiger partial charge in [0.25, 0.3) is 5.91 Å². The molecule has 3 unspecified atom stereocenters. The Kier molecular flexibility index (Phi) is 5.78. The molecule has 0 saturated carbocycles. The molecule has 2 heterocycles. The Morgan fingerprint density at radius 3 is 2.67 bits per heavy atom. The smallest absolute Gasteiger partial charge is 0.251 e. The second-order valence-corrected chi connectivity index (χ2v) is 6.24. The van der Waals surface area contributed by atoms with Crippen molar-refractivity contribution >= 4 is 5.91 Å². The van der Waals surface area contributed by atoms with E-state index in [0.29, 0.717) is 18.2 Å². The van der Waals surface area contributed by atoms with E-state index >= 15 is 0 Å². The van der Waals surface area contributed by atoms with Gasteiger partial charge in [-0.1, -0.05) is 0 Å². The number of nitrogens with one attached hydrogen (secondary N) is 2. The van der Waals surface area contributed by atoms with Gasteiger partial charge in [0.05, 0.1) is 18.8 Å². The standard InChI is InChI=1S/C17H23FN2O4/c18-12-3-1-11(2-4-12)17(22)19-9-15-16(21)14(10-24-15)20-13-5-7-23-8-6-13/h1-4,13-16,20-21H,5-10H2,(H,19,22). The minimum absolute atomic E-state index is 0.138. The number of halogens is 1. The van der Waals surface area contributed by atoms with Crippen LogP contribution in [0.5, 0.6) is 0 Å². The number of hydrogen-bond acceptors (Lipinski definition) is 5. The van der Waals surface area contributed by atoms with E-state index in [1.807, 2.05) is 0 Å². The number of hydrogen-bond donors (Lipinski definition) is 3. The van der Waals surface area contributed by atoms with Crippen LogP contribution in [0, 0.1) is 5.82 Å². The number of rotatable bonds is 5. The maximum Gasteiger partial charge on any atom is 0.251 e. The Bertz CT molecular complexity index is 548. The summed E-state index contributed by atoms with van der Waals surface area (Å²) in [6.45, 7) is 2.09. The largest absolute Gasteiger partial charge is 0.389 e. The highest BCUT2D eigenvalue weighted by Crippen LogP contribution is 2.17. The minimum Gasteiger partial charge on any atom is -0.389 e. The third-order valence-electron chi connectivity index (χ3n) is 4.52. The fourth-order valence-electron chi connectivity index (χ4n) is 3.07. The van der Waals surface area contributed by atoms with Crippen LogP contribution < -0.4 is 10.6 Å². The zero-order chi connectivity index (χ0) is 16.9. The van der Waals surface area contributed by atoms with Crippen LogP contribution in [0.25, 0.3) is 0 Å². The number of amides is 1. The number of ether oxygens (including phenoxy) is 2. The third kappa shape index (κ3) is 4.30. The van der Waals surface area contributed by atoms with Gasteiger partial charge in [-0.05, 0) is 37.1 Å². The van der Waals surface area contributed by atoms with Crippen molar-refractivity contribution in [1.29, 1.82) is 0 Å². The monoisotopic (exact) mass is 338 g/mol. The summed E-state index contributed by atoms with van der Waals surface area (Å²) < 4.78 is 23.8. The minimum atomic E-state index is -0.679. The van der Waals surface area contributed by atoms with E-state index in [4.69, 9.17) is 9.47 Å². The molecule has 3 rings (SSSR count). The van der Waals surface area contributed by atoms with E-state index in [2.05, 4.69) is 10.6 Å². The van der Waals surface area contributed by atoms with Crippen LogP contribution in [0.2, 0.25) is 0 Å². The Labute approximate surface area is 140 Å². The van der Waals surface area contributed by atoms with Crippen molar-refractivity contribution in [2.45, 2.75) is 37.1 Å². The number of benzene rings is 1. The highest BCUT2D eigenvalue weighted by Gasteiger charge is 2.37. The van der Waals surface area contributed by atoms with E-state index < -0.39 is 12.2 Å². The Balaban J connectivity index is 1.45. The number of aliphatic hydroxyl groups is 1. The molecule has 1 amide bonds. The highest BCUT2D eigenvalue weighted by molar-refractivity contribution is 5.94. The Morgan fingerprint density at radius 1 is 1.25 bits per heavy atom. The SMILES string of the molecule is O=C(NCC1OCC(NC2CCOCC2)C1O)c1ccc(F)cc1. The van der Waals surface area contributed by atoms with Crippen molar-refractivity contribution in [2.24, 2.45) is 0 Å². The van der Waals surface area contributed by atoms with E-state index in [0.717, 1.165) is 26.1 Å². The van der Waals surface area contributed by atoms with Crippen molar-refractivity contribution in [2.75, 3.05) is 26.4 Å². The molecule has 2 aliphatic rings. The summed E-state index contributed by atoms with van der Waals surface area (Å²) >= 11 is 0. The molecule has 2 saturated heterocycles. The molecule has 0 radical (unpaired) electrons. The lowest BCUT2D eigenvalue weighted by Crippen LogP contribution is -2.49. The van der Waals surface area contributed by atoms with Gasteiger partial charge in [0.2, 0.25) is 0 Å². The molecule has 2 fully saturated rings. The fraction of sp³-hybridized carbons (Fsp3) is 0.588. The van der Waals surface area contributed by atoms with Gasteiger partial charge >= 0.3 is 0 Å². The normalized spacial score (nSPS) is 28.0. The van der Waals surface area contributed by atoms with Crippen molar-refractivity contribution in [3.63, 3.8) is 0 Å². The molecule has 3 atom stereocenters. The summed E-state index contributed by atoms with van der Waals surface area (Å²) in [4.78, 5) is 12.0. The molecule has 2 aliphatic heterocycles. The molecule has 1 aromatic carbocycles. The molecule has 24 heavy (non-hydrogen) atoms. The van der Waals surface area contributed by atoms with Crippen LogP contribution >= 0.6 is 0 Å². The quantitative estimate of drug-likeness (QED) is 0.727. The second kappa shape index (κ2) is 8.02. The molecule has 6 nitrogen and oxygen atoms in total. The van der Waals surface area contributed by atoms with Gasteiger partial charge in [-0.25, -0.2) is 4.39 Å². The lowest BCUT2D eigenvalue weighted by molar-refractivity contribution is 0.0376. The summed E-state index contributed by atoms with van der Waals surface area (Å²) in [5, 5.41) is 16.5. The number of carbonyl (C=O) groups excluding carboxylic acids is 1. The lowest BCUT2D eigenvalue weighted by atomic mass is 10.0. The molecule has 0 aromatic heterocycles. The fourth-order valence-corrected chi connectivity index (χ4v) is 3.07. The van der Waals surface area contributed by atoms with Gasteiger partial charge in [-0.2, -0.15) is 0 Å². The summed E-state index contributed by atoms with van der Waals surface area (Å²) in [5.74, 6) is -0.699. The molecule has 0 spiro atoms. The Hall–Kier alpha value is -1.54. The van der Waals surface area contributed by atoms with Gasteiger partial charge in [-0.3, -0.25) is 4.79 Å². The highest BCUT2D eigenvalue weighted by atomic mass is 19.1. The van der Waals surface area contributed by atoms with Crippen LogP contribution in [-0.4, -0.2) is 61.7 Å². The average Bonchev–Trinajstić information content (AvgIpc) is 2.94. The van der Waals surface area contributed by atoms with Gasteiger partial charge in [-0.15, -0.1) is 0 Å². The zero-order valence-corrected chi connectivity index (χ0v) is 13.4. The third-order valence-corrected chi connectivity index (χ3v) is 4.52. The molecule has 0 aliphatic carbocycles. The first-order chi connectivity index (χ1) is 11.6. The number of aliphatic hydroxyl groups excluding tert-OH is 1. The predicted octanol–water partition coefficient (Wildman–Crippen LogP) is 0.452. The number of carbonyl (C=O) groups is 1. The zero-order valence-electron chi connectivity index (χ0n) is 13.4. The van der Waals surface area contributed by atoms with E-state index in [-0.39, 0.29) is 24.3 Å². The topological polar surface area (TPSA) is 79.8 Å². The van der Waals surface area contributed by atoms with Gasteiger partial charge in [0, 0.05) is 31.4 Å². The van der Waals surface area contributed by atoms with Gasteiger partial charge in [0.15, 0.2) is 0 Å². The van der Waals surface area contributed by atoms with Crippen LogP contribution in [0.3, 0.4) is 0 Å². The maximum atomic E-state index is 12.9. The van der Waals surface area contributed by atoms with E-state index in [1.165, 1.54) is 24.3 Å². The summed E-state index contributed by atoms with van der Waals surface area (Å²) in [5.41, 5.74) is 0.376. The van der Waals surface area contributed by atoms with E-state index in [1.54, 1.807) is 0 Å². The molecule has 7 heteroatoms. The summed E-state index contributed by atoms with van der Waals surface area (Å²) in [6, 6.07) is 5.52. The van der Waals surface area contributed by atoms with Gasteiger partial charge < -0.3 is 25.2 Å². The molecule has 132 valence electrons. The first-order valence-electron chi connectivity index (χ1n) is 8.30.